The molecule has 3 rings (SSSR count). The van der Waals surface area contributed by atoms with Crippen molar-refractivity contribution in [1.29, 1.82) is 0 Å². The Hall–Kier alpha value is -1.88. The molecule has 0 spiro atoms. The fraction of sp³-hybridized carbons (Fsp3) is 0.500. The molecule has 2 heterocycles. The minimum Gasteiger partial charge on any atom is -0.481 e. The van der Waals surface area contributed by atoms with E-state index in [1.807, 2.05) is 12.1 Å². The van der Waals surface area contributed by atoms with Crippen LogP contribution in [0.25, 0.3) is 0 Å². The first-order chi connectivity index (χ1) is 9.99. The smallest absolute Gasteiger partial charge is 0.311 e. The fourth-order valence-electron chi connectivity index (χ4n) is 3.17. The summed E-state index contributed by atoms with van der Waals surface area (Å²) in [5.74, 6) is -0.797. The van der Waals surface area contributed by atoms with Gasteiger partial charge in [-0.2, -0.15) is 0 Å². The zero-order chi connectivity index (χ0) is 15.0. The number of carboxylic acid groups (broad SMARTS) is 1. The summed E-state index contributed by atoms with van der Waals surface area (Å²) in [6.45, 7) is 3.24. The van der Waals surface area contributed by atoms with E-state index < -0.39 is 11.4 Å². The van der Waals surface area contributed by atoms with Gasteiger partial charge in [0.15, 0.2) is 0 Å². The van der Waals surface area contributed by atoms with Gasteiger partial charge in [-0.1, -0.05) is 24.3 Å². The van der Waals surface area contributed by atoms with Crippen LogP contribution in [0.15, 0.2) is 24.3 Å². The van der Waals surface area contributed by atoms with Crippen molar-refractivity contribution >= 4 is 11.9 Å². The maximum atomic E-state index is 12.6. The number of fused-ring (bicyclic) bond motifs is 1. The molecule has 0 aromatic heterocycles. The molecule has 0 radical (unpaired) electrons. The van der Waals surface area contributed by atoms with Gasteiger partial charge in [0.1, 0.15) is 0 Å². The summed E-state index contributed by atoms with van der Waals surface area (Å²) >= 11 is 0. The van der Waals surface area contributed by atoms with E-state index in [1.54, 1.807) is 11.8 Å². The highest BCUT2D eigenvalue weighted by Crippen LogP contribution is 2.31. The molecule has 1 unspecified atom stereocenters. The Labute approximate surface area is 123 Å². The number of aliphatic carboxylic acids is 1. The van der Waals surface area contributed by atoms with Crippen LogP contribution < -0.4 is 5.32 Å². The average molecular weight is 288 g/mol. The lowest BCUT2D eigenvalue weighted by Crippen LogP contribution is -2.49. The SMILES string of the molecule is CC1(C(=O)O)CCN(C(=O)[C@@H]2Cc3ccccc3CN2)C1. The van der Waals surface area contributed by atoms with E-state index in [4.69, 9.17) is 0 Å². The van der Waals surface area contributed by atoms with Crippen molar-refractivity contribution in [3.63, 3.8) is 0 Å². The minimum absolute atomic E-state index is 0.0227. The fourth-order valence-corrected chi connectivity index (χ4v) is 3.17. The third-order valence-corrected chi connectivity index (χ3v) is 4.68. The molecule has 2 aliphatic rings. The normalized spacial score (nSPS) is 28.2. The van der Waals surface area contributed by atoms with E-state index in [0.717, 1.165) is 0 Å². The van der Waals surface area contributed by atoms with Crippen molar-refractivity contribution in [2.75, 3.05) is 13.1 Å². The van der Waals surface area contributed by atoms with Crippen LogP contribution in [0.4, 0.5) is 0 Å². The second-order valence-electron chi connectivity index (χ2n) is 6.28. The molecule has 1 aromatic carbocycles. The highest BCUT2D eigenvalue weighted by atomic mass is 16.4. The maximum absolute atomic E-state index is 12.6. The zero-order valence-corrected chi connectivity index (χ0v) is 12.1. The lowest BCUT2D eigenvalue weighted by atomic mass is 9.90. The molecular weight excluding hydrogens is 268 g/mol. The van der Waals surface area contributed by atoms with Gasteiger partial charge >= 0.3 is 5.97 Å². The van der Waals surface area contributed by atoms with Crippen LogP contribution >= 0.6 is 0 Å². The van der Waals surface area contributed by atoms with Crippen molar-refractivity contribution in [3.05, 3.63) is 35.4 Å². The number of amides is 1. The number of nitrogens with zero attached hydrogens (tertiary/aromatic N) is 1. The van der Waals surface area contributed by atoms with Crippen LogP contribution in [0.3, 0.4) is 0 Å². The van der Waals surface area contributed by atoms with Crippen LogP contribution in [0, 0.1) is 5.41 Å². The van der Waals surface area contributed by atoms with E-state index in [1.165, 1.54) is 11.1 Å². The van der Waals surface area contributed by atoms with Crippen molar-refractivity contribution in [1.82, 2.24) is 10.2 Å². The molecule has 2 atom stereocenters. The number of nitrogens with one attached hydrogen (secondary N) is 1. The molecule has 1 amide bonds. The summed E-state index contributed by atoms with van der Waals surface area (Å²) < 4.78 is 0. The largest absolute Gasteiger partial charge is 0.481 e. The number of rotatable bonds is 2. The van der Waals surface area contributed by atoms with Gasteiger partial charge in [-0.25, -0.2) is 0 Å². The predicted octanol–water partition coefficient (Wildman–Crippen LogP) is 1.02. The van der Waals surface area contributed by atoms with Crippen LogP contribution in [0.1, 0.15) is 24.5 Å². The number of carbonyl (C=O) groups excluding carboxylic acids is 1. The van der Waals surface area contributed by atoms with E-state index in [0.29, 0.717) is 32.5 Å². The molecule has 21 heavy (non-hydrogen) atoms. The summed E-state index contributed by atoms with van der Waals surface area (Å²) in [6.07, 6.45) is 1.20. The molecular formula is C16H20N2O3. The second-order valence-corrected chi connectivity index (χ2v) is 6.28. The third kappa shape index (κ3) is 2.53. The van der Waals surface area contributed by atoms with Crippen LogP contribution in [-0.4, -0.2) is 41.0 Å². The Morgan fingerprint density at radius 1 is 1.33 bits per heavy atom. The second kappa shape index (κ2) is 5.15. The van der Waals surface area contributed by atoms with Crippen molar-refractivity contribution in [2.24, 2.45) is 5.41 Å². The molecule has 1 saturated heterocycles. The van der Waals surface area contributed by atoms with Crippen LogP contribution in [0.5, 0.6) is 0 Å². The molecule has 2 N–H and O–H groups in total. The first-order valence-corrected chi connectivity index (χ1v) is 7.32. The first-order valence-electron chi connectivity index (χ1n) is 7.32. The molecule has 2 aliphatic heterocycles. The summed E-state index contributed by atoms with van der Waals surface area (Å²) in [6, 6.07) is 7.88. The summed E-state index contributed by atoms with van der Waals surface area (Å²) in [7, 11) is 0. The van der Waals surface area contributed by atoms with Crippen LogP contribution in [0.2, 0.25) is 0 Å². The number of hydrogen-bond donors (Lipinski definition) is 2. The standard InChI is InChI=1S/C16H20N2O3/c1-16(15(20)21)6-7-18(10-16)14(19)13-8-11-4-2-3-5-12(11)9-17-13/h2-5,13,17H,6-10H2,1H3,(H,20,21)/t13-,16?/m0/s1. The van der Waals surface area contributed by atoms with Gasteiger partial charge in [-0.05, 0) is 30.9 Å². The quantitative estimate of drug-likeness (QED) is 0.852. The van der Waals surface area contributed by atoms with Gasteiger partial charge in [-0.15, -0.1) is 0 Å². The molecule has 5 heteroatoms. The highest BCUT2D eigenvalue weighted by Gasteiger charge is 2.43. The van der Waals surface area contributed by atoms with Gasteiger partial charge in [-0.3, -0.25) is 9.59 Å². The Morgan fingerprint density at radius 2 is 2.05 bits per heavy atom. The van der Waals surface area contributed by atoms with Crippen molar-refractivity contribution in [2.45, 2.75) is 32.4 Å². The summed E-state index contributed by atoms with van der Waals surface area (Å²) in [5.41, 5.74) is 1.63. The molecule has 1 fully saturated rings. The zero-order valence-electron chi connectivity index (χ0n) is 12.1. The number of carbonyl (C=O) groups is 2. The number of likely N-dealkylation sites (tertiary alicyclic amines) is 1. The average Bonchev–Trinajstić information content (AvgIpc) is 2.90. The molecule has 0 bridgehead atoms. The van der Waals surface area contributed by atoms with Crippen LogP contribution in [-0.2, 0) is 22.6 Å². The Morgan fingerprint density at radius 3 is 2.71 bits per heavy atom. The molecule has 0 saturated carbocycles. The summed E-state index contributed by atoms with van der Waals surface area (Å²) in [4.78, 5) is 25.6. The first kappa shape index (κ1) is 14.1. The topological polar surface area (TPSA) is 69.6 Å². The maximum Gasteiger partial charge on any atom is 0.311 e. The van der Waals surface area contributed by atoms with Crippen molar-refractivity contribution < 1.29 is 14.7 Å². The van der Waals surface area contributed by atoms with Gasteiger partial charge in [0.25, 0.3) is 0 Å². The van der Waals surface area contributed by atoms with Crippen molar-refractivity contribution in [3.8, 4) is 0 Å². The van der Waals surface area contributed by atoms with E-state index >= 15 is 0 Å². The lowest BCUT2D eigenvalue weighted by molar-refractivity contribution is -0.147. The van der Waals surface area contributed by atoms with Gasteiger partial charge in [0.05, 0.1) is 11.5 Å². The number of benzene rings is 1. The Balaban J connectivity index is 1.69. The Bertz CT molecular complexity index is 587. The number of hydrogen-bond acceptors (Lipinski definition) is 3. The van der Waals surface area contributed by atoms with Gasteiger partial charge in [0, 0.05) is 19.6 Å². The lowest BCUT2D eigenvalue weighted by Gasteiger charge is -2.29. The monoisotopic (exact) mass is 288 g/mol. The van der Waals surface area contributed by atoms with E-state index in [9.17, 15) is 14.7 Å². The molecule has 1 aromatic rings. The minimum atomic E-state index is -0.820. The molecule has 112 valence electrons. The molecule has 0 aliphatic carbocycles. The van der Waals surface area contributed by atoms with E-state index in [2.05, 4.69) is 17.4 Å². The van der Waals surface area contributed by atoms with E-state index in [-0.39, 0.29) is 11.9 Å². The number of carboxylic acids is 1. The van der Waals surface area contributed by atoms with Gasteiger partial charge < -0.3 is 15.3 Å². The predicted molar refractivity (Wildman–Crippen MR) is 77.7 cm³/mol. The third-order valence-electron chi connectivity index (χ3n) is 4.68. The summed E-state index contributed by atoms with van der Waals surface area (Å²) in [5, 5.41) is 12.5. The molecule has 5 nitrogen and oxygen atoms in total. The highest BCUT2D eigenvalue weighted by molar-refractivity contribution is 5.84. The van der Waals surface area contributed by atoms with Gasteiger partial charge in [0.2, 0.25) is 5.91 Å². The Kier molecular flexibility index (Phi) is 3.45.